The van der Waals surface area contributed by atoms with Gasteiger partial charge in [0.2, 0.25) is 5.91 Å². The molecule has 0 aliphatic carbocycles. The number of carbonyl (C=O) groups is 2. The van der Waals surface area contributed by atoms with E-state index in [1.54, 1.807) is 33.2 Å². The second-order valence-corrected chi connectivity index (χ2v) is 5.47. The molecule has 0 bridgehead atoms. The van der Waals surface area contributed by atoms with E-state index < -0.39 is 11.7 Å². The van der Waals surface area contributed by atoms with Crippen LogP contribution in [0.15, 0.2) is 24.5 Å². The Labute approximate surface area is 119 Å². The maximum absolute atomic E-state index is 11.7. The molecular weight excluding hydrogens is 258 g/mol. The van der Waals surface area contributed by atoms with Gasteiger partial charge in [0.05, 0.1) is 0 Å². The number of nitrogens with one attached hydrogen (secondary N) is 1. The number of carbonyl (C=O) groups excluding carboxylic acids is 2. The number of likely N-dealkylation sites (N-methyl/N-ethyl adjacent to an activating group) is 1. The number of rotatable bonds is 4. The van der Waals surface area contributed by atoms with E-state index in [0.717, 1.165) is 5.56 Å². The summed E-state index contributed by atoms with van der Waals surface area (Å²) < 4.78 is 5.16. The summed E-state index contributed by atoms with van der Waals surface area (Å²) in [6.07, 6.45) is 2.80. The van der Waals surface area contributed by atoms with E-state index in [0.29, 0.717) is 6.54 Å². The molecular formula is C14H21N3O3. The van der Waals surface area contributed by atoms with E-state index in [-0.39, 0.29) is 12.5 Å². The molecule has 0 aliphatic heterocycles. The van der Waals surface area contributed by atoms with Gasteiger partial charge in [-0.1, -0.05) is 0 Å². The van der Waals surface area contributed by atoms with Gasteiger partial charge in [-0.2, -0.15) is 0 Å². The molecule has 0 saturated carbocycles. The lowest BCUT2D eigenvalue weighted by atomic mass is 10.2. The van der Waals surface area contributed by atoms with Crippen LogP contribution in [-0.2, 0) is 16.1 Å². The van der Waals surface area contributed by atoms with Crippen LogP contribution in [0.4, 0.5) is 4.79 Å². The lowest BCUT2D eigenvalue weighted by molar-refractivity contribution is -0.122. The Morgan fingerprint density at radius 3 is 2.45 bits per heavy atom. The van der Waals surface area contributed by atoms with E-state index in [2.05, 4.69) is 10.3 Å². The zero-order chi connectivity index (χ0) is 15.2. The Hall–Kier alpha value is -2.11. The van der Waals surface area contributed by atoms with Crippen LogP contribution in [0.1, 0.15) is 26.3 Å². The van der Waals surface area contributed by atoms with Crippen LogP contribution in [0, 0.1) is 0 Å². The van der Waals surface area contributed by atoms with Gasteiger partial charge in [0.25, 0.3) is 0 Å². The third-order valence-electron chi connectivity index (χ3n) is 2.32. The number of ether oxygens (including phenoxy) is 1. The third-order valence-corrected chi connectivity index (χ3v) is 2.32. The number of hydrogen-bond donors (Lipinski definition) is 1. The first-order valence-corrected chi connectivity index (χ1v) is 6.37. The summed E-state index contributed by atoms with van der Waals surface area (Å²) in [4.78, 5) is 28.5. The monoisotopic (exact) mass is 279 g/mol. The van der Waals surface area contributed by atoms with E-state index >= 15 is 0 Å². The highest BCUT2D eigenvalue weighted by atomic mass is 16.6. The van der Waals surface area contributed by atoms with Crippen LogP contribution in [0.2, 0.25) is 0 Å². The van der Waals surface area contributed by atoms with Gasteiger partial charge < -0.3 is 15.0 Å². The zero-order valence-electron chi connectivity index (χ0n) is 12.3. The normalized spacial score (nSPS) is 10.8. The molecule has 1 heterocycles. The molecule has 1 aromatic heterocycles. The van der Waals surface area contributed by atoms with Crippen molar-refractivity contribution in [3.05, 3.63) is 30.1 Å². The topological polar surface area (TPSA) is 71.5 Å². The summed E-state index contributed by atoms with van der Waals surface area (Å²) in [5.41, 5.74) is 0.382. The summed E-state index contributed by atoms with van der Waals surface area (Å²) in [6.45, 7) is 5.70. The average Bonchev–Trinajstić information content (AvgIpc) is 2.35. The highest BCUT2D eigenvalue weighted by Gasteiger charge is 2.20. The maximum Gasteiger partial charge on any atom is 0.410 e. The molecule has 0 radical (unpaired) electrons. The molecule has 0 unspecified atom stereocenters. The molecule has 6 nitrogen and oxygen atoms in total. The van der Waals surface area contributed by atoms with E-state index in [1.807, 2.05) is 12.1 Å². The smallest absolute Gasteiger partial charge is 0.410 e. The number of pyridine rings is 1. The van der Waals surface area contributed by atoms with Crippen LogP contribution in [0.25, 0.3) is 0 Å². The van der Waals surface area contributed by atoms with Gasteiger partial charge in [0.15, 0.2) is 0 Å². The summed E-state index contributed by atoms with van der Waals surface area (Å²) in [6, 6.07) is 3.63. The van der Waals surface area contributed by atoms with Gasteiger partial charge >= 0.3 is 6.09 Å². The first-order valence-electron chi connectivity index (χ1n) is 6.37. The highest BCUT2D eigenvalue weighted by Crippen LogP contribution is 2.08. The van der Waals surface area contributed by atoms with Crippen molar-refractivity contribution in [3.8, 4) is 0 Å². The highest BCUT2D eigenvalue weighted by molar-refractivity contribution is 5.82. The first kappa shape index (κ1) is 15.9. The lowest BCUT2D eigenvalue weighted by Gasteiger charge is -2.24. The van der Waals surface area contributed by atoms with Crippen molar-refractivity contribution < 1.29 is 14.3 Å². The number of amides is 2. The van der Waals surface area contributed by atoms with Crippen molar-refractivity contribution in [1.29, 1.82) is 0 Å². The minimum Gasteiger partial charge on any atom is -0.444 e. The van der Waals surface area contributed by atoms with E-state index in [1.165, 1.54) is 11.9 Å². The molecule has 1 N–H and O–H groups in total. The summed E-state index contributed by atoms with van der Waals surface area (Å²) >= 11 is 0. The standard InChI is InChI=1S/C14H21N3O3/c1-14(2,3)20-13(19)17(4)10-12(18)16-9-11-5-7-15-8-6-11/h5-8H,9-10H2,1-4H3,(H,16,18). The molecule has 0 atom stereocenters. The van der Waals surface area contributed by atoms with Crippen LogP contribution >= 0.6 is 0 Å². The Kier molecular flexibility index (Phi) is 5.49. The molecule has 0 spiro atoms. The predicted molar refractivity (Wildman–Crippen MR) is 74.9 cm³/mol. The number of hydrogen-bond acceptors (Lipinski definition) is 4. The molecule has 20 heavy (non-hydrogen) atoms. The molecule has 2 amide bonds. The van der Waals surface area contributed by atoms with Crippen LogP contribution in [0.3, 0.4) is 0 Å². The van der Waals surface area contributed by atoms with Gasteiger partial charge in [-0.05, 0) is 38.5 Å². The molecule has 6 heteroatoms. The molecule has 0 fully saturated rings. The fraction of sp³-hybridized carbons (Fsp3) is 0.500. The minimum atomic E-state index is -0.571. The fourth-order valence-corrected chi connectivity index (χ4v) is 1.38. The zero-order valence-corrected chi connectivity index (χ0v) is 12.3. The number of aromatic nitrogens is 1. The lowest BCUT2D eigenvalue weighted by Crippen LogP contribution is -2.40. The molecule has 1 aromatic rings. The Balaban J connectivity index is 2.36. The fourth-order valence-electron chi connectivity index (χ4n) is 1.38. The third kappa shape index (κ3) is 6.17. The molecule has 0 saturated heterocycles. The Morgan fingerprint density at radius 1 is 1.30 bits per heavy atom. The summed E-state index contributed by atoms with van der Waals surface area (Å²) in [5, 5.41) is 2.73. The molecule has 110 valence electrons. The summed E-state index contributed by atoms with van der Waals surface area (Å²) in [5.74, 6) is -0.241. The Morgan fingerprint density at radius 2 is 1.90 bits per heavy atom. The van der Waals surface area contributed by atoms with Gasteiger partial charge in [-0.25, -0.2) is 4.79 Å². The predicted octanol–water partition coefficient (Wildman–Crippen LogP) is 1.56. The quantitative estimate of drug-likeness (QED) is 0.908. The largest absolute Gasteiger partial charge is 0.444 e. The van der Waals surface area contributed by atoms with Gasteiger partial charge in [0.1, 0.15) is 12.1 Å². The van der Waals surface area contributed by atoms with Crippen LogP contribution in [-0.4, -0.2) is 41.1 Å². The number of nitrogens with zero attached hydrogens (tertiary/aromatic N) is 2. The SMILES string of the molecule is CN(CC(=O)NCc1ccncc1)C(=O)OC(C)(C)C. The van der Waals surface area contributed by atoms with Crippen molar-refractivity contribution in [3.63, 3.8) is 0 Å². The average molecular weight is 279 g/mol. The minimum absolute atomic E-state index is 0.0417. The van der Waals surface area contributed by atoms with Gasteiger partial charge in [-0.3, -0.25) is 9.78 Å². The van der Waals surface area contributed by atoms with Gasteiger partial charge in [-0.15, -0.1) is 0 Å². The van der Waals surface area contributed by atoms with E-state index in [4.69, 9.17) is 4.74 Å². The molecule has 0 aromatic carbocycles. The second kappa shape index (κ2) is 6.88. The molecule has 0 aliphatic rings. The molecule has 1 rings (SSSR count). The van der Waals surface area contributed by atoms with Gasteiger partial charge in [0, 0.05) is 26.0 Å². The second-order valence-electron chi connectivity index (χ2n) is 5.47. The Bertz CT molecular complexity index is 454. The van der Waals surface area contributed by atoms with E-state index in [9.17, 15) is 9.59 Å². The van der Waals surface area contributed by atoms with Crippen LogP contribution < -0.4 is 5.32 Å². The van der Waals surface area contributed by atoms with Crippen molar-refractivity contribution in [2.45, 2.75) is 32.9 Å². The van der Waals surface area contributed by atoms with Crippen molar-refractivity contribution >= 4 is 12.0 Å². The first-order chi connectivity index (χ1) is 9.28. The van der Waals surface area contributed by atoms with Crippen molar-refractivity contribution in [2.24, 2.45) is 0 Å². The van der Waals surface area contributed by atoms with Crippen molar-refractivity contribution in [2.75, 3.05) is 13.6 Å². The van der Waals surface area contributed by atoms with Crippen molar-refractivity contribution in [1.82, 2.24) is 15.2 Å². The van der Waals surface area contributed by atoms with Crippen LogP contribution in [0.5, 0.6) is 0 Å². The maximum atomic E-state index is 11.7. The summed E-state index contributed by atoms with van der Waals surface area (Å²) in [7, 11) is 1.53.